The van der Waals surface area contributed by atoms with E-state index in [2.05, 4.69) is 33.8 Å². The van der Waals surface area contributed by atoms with Gasteiger partial charge in [-0.05, 0) is 42.4 Å². The maximum absolute atomic E-state index is 12.9. The standard InChI is InChI=1S/C19H30O2/c1-5-19(4)10-12-6-7-13-17(16(12)15(21)11-19)14(20)8-9-18(13,2)3/h7,12,14,16-17,20H,5-6,8-11H2,1-4H3/t12-,14+,16+,17+,19+/m0/s1. The van der Waals surface area contributed by atoms with E-state index in [4.69, 9.17) is 0 Å². The second kappa shape index (κ2) is 4.94. The van der Waals surface area contributed by atoms with Crippen LogP contribution in [0.25, 0.3) is 0 Å². The first-order valence-corrected chi connectivity index (χ1v) is 8.69. The van der Waals surface area contributed by atoms with Crippen LogP contribution in [-0.4, -0.2) is 17.0 Å². The van der Waals surface area contributed by atoms with Crippen LogP contribution < -0.4 is 0 Å². The Balaban J connectivity index is 1.96. The van der Waals surface area contributed by atoms with Crippen LogP contribution in [0.1, 0.15) is 66.2 Å². The summed E-state index contributed by atoms with van der Waals surface area (Å²) < 4.78 is 0. The highest BCUT2D eigenvalue weighted by Crippen LogP contribution is 2.56. The van der Waals surface area contributed by atoms with Crippen LogP contribution >= 0.6 is 0 Å². The quantitative estimate of drug-likeness (QED) is 0.737. The van der Waals surface area contributed by atoms with E-state index in [1.165, 1.54) is 5.57 Å². The number of Topliss-reactive ketones (excluding diaryl/α,β-unsaturated/α-hetero) is 1. The molecule has 2 saturated carbocycles. The third kappa shape index (κ3) is 2.40. The number of rotatable bonds is 1. The van der Waals surface area contributed by atoms with Gasteiger partial charge in [0.05, 0.1) is 6.10 Å². The number of aliphatic hydroxyl groups excluding tert-OH is 1. The summed E-state index contributed by atoms with van der Waals surface area (Å²) in [5.74, 6) is 1.05. The fourth-order valence-corrected chi connectivity index (χ4v) is 5.24. The molecule has 118 valence electrons. The van der Waals surface area contributed by atoms with Gasteiger partial charge in [-0.1, -0.05) is 45.8 Å². The van der Waals surface area contributed by atoms with Crippen molar-refractivity contribution in [3.05, 3.63) is 11.6 Å². The lowest BCUT2D eigenvalue weighted by Crippen LogP contribution is -2.51. The minimum Gasteiger partial charge on any atom is -0.392 e. The Bertz CT molecular complexity index is 476. The number of aliphatic hydroxyl groups is 1. The average Bonchev–Trinajstić information content (AvgIpc) is 2.42. The molecular formula is C19H30O2. The first-order valence-electron chi connectivity index (χ1n) is 8.69. The van der Waals surface area contributed by atoms with E-state index >= 15 is 0 Å². The van der Waals surface area contributed by atoms with Crippen molar-refractivity contribution in [3.63, 3.8) is 0 Å². The van der Waals surface area contributed by atoms with E-state index in [-0.39, 0.29) is 28.8 Å². The second-order valence-electron chi connectivity index (χ2n) is 8.71. The van der Waals surface area contributed by atoms with Gasteiger partial charge in [0.2, 0.25) is 0 Å². The Morgan fingerprint density at radius 1 is 1.29 bits per heavy atom. The second-order valence-corrected chi connectivity index (χ2v) is 8.71. The molecule has 0 aromatic rings. The molecule has 0 unspecified atom stereocenters. The van der Waals surface area contributed by atoms with Gasteiger partial charge in [0.15, 0.2) is 0 Å². The van der Waals surface area contributed by atoms with Crippen molar-refractivity contribution >= 4 is 5.78 Å². The Labute approximate surface area is 129 Å². The van der Waals surface area contributed by atoms with Crippen LogP contribution in [-0.2, 0) is 4.79 Å². The van der Waals surface area contributed by atoms with Crippen molar-refractivity contribution in [1.82, 2.24) is 0 Å². The molecular weight excluding hydrogens is 260 g/mol. The van der Waals surface area contributed by atoms with E-state index in [9.17, 15) is 9.90 Å². The van der Waals surface area contributed by atoms with Gasteiger partial charge >= 0.3 is 0 Å². The predicted molar refractivity (Wildman–Crippen MR) is 84.8 cm³/mol. The zero-order valence-corrected chi connectivity index (χ0v) is 14.0. The summed E-state index contributed by atoms with van der Waals surface area (Å²) in [4.78, 5) is 12.9. The summed E-state index contributed by atoms with van der Waals surface area (Å²) in [6.45, 7) is 9.03. The third-order valence-electron chi connectivity index (χ3n) is 6.74. The molecule has 0 bridgehead atoms. The van der Waals surface area contributed by atoms with Crippen molar-refractivity contribution in [2.24, 2.45) is 28.6 Å². The lowest BCUT2D eigenvalue weighted by molar-refractivity contribution is -0.137. The van der Waals surface area contributed by atoms with E-state index in [1.54, 1.807) is 0 Å². The SMILES string of the molecule is CC[C@@]1(C)CC(=O)[C@H]2[C@@H](CC=C3[C@@H]2[C@H](O)CCC3(C)C)C1. The number of allylic oxidation sites excluding steroid dienone is 1. The summed E-state index contributed by atoms with van der Waals surface area (Å²) in [7, 11) is 0. The maximum atomic E-state index is 12.9. The third-order valence-corrected chi connectivity index (χ3v) is 6.74. The Hall–Kier alpha value is -0.630. The van der Waals surface area contributed by atoms with Gasteiger partial charge in [-0.3, -0.25) is 4.79 Å². The van der Waals surface area contributed by atoms with Crippen LogP contribution in [0.15, 0.2) is 11.6 Å². The fraction of sp³-hybridized carbons (Fsp3) is 0.842. The summed E-state index contributed by atoms with van der Waals surface area (Å²) in [5.41, 5.74) is 1.70. The van der Waals surface area contributed by atoms with E-state index in [1.807, 2.05) is 0 Å². The Morgan fingerprint density at radius 3 is 2.67 bits per heavy atom. The first kappa shape index (κ1) is 15.3. The molecule has 2 nitrogen and oxygen atoms in total. The summed E-state index contributed by atoms with van der Waals surface area (Å²) in [5, 5.41) is 10.6. The molecule has 0 amide bonds. The fourth-order valence-electron chi connectivity index (χ4n) is 5.24. The first-order chi connectivity index (χ1) is 9.77. The zero-order chi connectivity index (χ0) is 15.4. The monoisotopic (exact) mass is 290 g/mol. The highest BCUT2D eigenvalue weighted by atomic mass is 16.3. The molecule has 0 spiro atoms. The molecule has 0 radical (unpaired) electrons. The van der Waals surface area contributed by atoms with Crippen molar-refractivity contribution in [3.8, 4) is 0 Å². The smallest absolute Gasteiger partial charge is 0.137 e. The lowest BCUT2D eigenvalue weighted by atomic mass is 9.52. The number of carbonyl (C=O) groups excluding carboxylic acids is 1. The van der Waals surface area contributed by atoms with Gasteiger partial charge in [-0.2, -0.15) is 0 Å². The van der Waals surface area contributed by atoms with Gasteiger partial charge in [0.25, 0.3) is 0 Å². The molecule has 21 heavy (non-hydrogen) atoms. The summed E-state index contributed by atoms with van der Waals surface area (Å²) >= 11 is 0. The van der Waals surface area contributed by atoms with E-state index in [0.717, 1.165) is 32.1 Å². The van der Waals surface area contributed by atoms with Gasteiger partial charge in [-0.15, -0.1) is 0 Å². The minimum atomic E-state index is -0.313. The Morgan fingerprint density at radius 2 is 2.00 bits per heavy atom. The molecule has 3 aliphatic rings. The molecule has 0 aliphatic heterocycles. The average molecular weight is 290 g/mol. The van der Waals surface area contributed by atoms with E-state index in [0.29, 0.717) is 18.1 Å². The van der Waals surface area contributed by atoms with Gasteiger partial charge in [0.1, 0.15) is 5.78 Å². The van der Waals surface area contributed by atoms with Gasteiger partial charge in [-0.25, -0.2) is 0 Å². The van der Waals surface area contributed by atoms with Crippen molar-refractivity contribution in [2.75, 3.05) is 0 Å². The molecule has 0 aromatic carbocycles. The van der Waals surface area contributed by atoms with Gasteiger partial charge in [0, 0.05) is 18.3 Å². The van der Waals surface area contributed by atoms with Gasteiger partial charge < -0.3 is 5.11 Å². The van der Waals surface area contributed by atoms with Crippen molar-refractivity contribution in [1.29, 1.82) is 0 Å². The molecule has 2 heteroatoms. The minimum absolute atomic E-state index is 0.0826. The molecule has 0 aromatic heterocycles. The molecule has 0 saturated heterocycles. The van der Waals surface area contributed by atoms with E-state index < -0.39 is 0 Å². The van der Waals surface area contributed by atoms with Crippen LogP contribution in [0.4, 0.5) is 0 Å². The maximum Gasteiger partial charge on any atom is 0.137 e. The predicted octanol–water partition coefficient (Wildman–Crippen LogP) is 4.13. The topological polar surface area (TPSA) is 37.3 Å². The summed E-state index contributed by atoms with van der Waals surface area (Å²) in [6.07, 6.45) is 7.92. The van der Waals surface area contributed by atoms with Crippen LogP contribution in [0, 0.1) is 28.6 Å². The number of carbonyl (C=O) groups is 1. The number of hydrogen-bond acceptors (Lipinski definition) is 2. The highest BCUT2D eigenvalue weighted by molar-refractivity contribution is 5.84. The zero-order valence-electron chi connectivity index (χ0n) is 14.0. The largest absolute Gasteiger partial charge is 0.392 e. The summed E-state index contributed by atoms with van der Waals surface area (Å²) in [6, 6.07) is 0. The Kier molecular flexibility index (Phi) is 3.59. The normalized spacial score (nSPS) is 45.6. The number of fused-ring (bicyclic) bond motifs is 3. The molecule has 1 N–H and O–H groups in total. The highest BCUT2D eigenvalue weighted by Gasteiger charge is 2.52. The number of hydrogen-bond donors (Lipinski definition) is 1. The van der Waals surface area contributed by atoms with Crippen LogP contribution in [0.3, 0.4) is 0 Å². The molecule has 3 aliphatic carbocycles. The molecule has 2 fully saturated rings. The van der Waals surface area contributed by atoms with Crippen molar-refractivity contribution in [2.45, 2.75) is 72.3 Å². The van der Waals surface area contributed by atoms with Crippen molar-refractivity contribution < 1.29 is 9.90 Å². The lowest BCUT2D eigenvalue weighted by Gasteiger charge is -2.52. The molecule has 0 heterocycles. The molecule has 5 atom stereocenters. The van der Waals surface area contributed by atoms with Crippen LogP contribution in [0.2, 0.25) is 0 Å². The molecule has 3 rings (SSSR count). The van der Waals surface area contributed by atoms with Crippen LogP contribution in [0.5, 0.6) is 0 Å². The number of ketones is 1.